The first-order valence-corrected chi connectivity index (χ1v) is 7.19. The Labute approximate surface area is 122 Å². The van der Waals surface area contributed by atoms with Gasteiger partial charge < -0.3 is 10.3 Å². The van der Waals surface area contributed by atoms with E-state index in [1.165, 1.54) is 5.56 Å². The lowest BCUT2D eigenvalue weighted by Gasteiger charge is -1.99. The maximum absolute atomic E-state index is 5.90. The summed E-state index contributed by atoms with van der Waals surface area (Å²) >= 11 is 5.13. The summed E-state index contributed by atoms with van der Waals surface area (Å²) in [6.45, 7) is 2.04. The molecule has 0 saturated heterocycles. The molecule has 0 unspecified atom stereocenters. The van der Waals surface area contributed by atoms with Crippen molar-refractivity contribution in [2.24, 2.45) is 0 Å². The van der Waals surface area contributed by atoms with Crippen LogP contribution in [0.5, 0.6) is 0 Å². The molecule has 0 aliphatic heterocycles. The number of aromatic nitrogens is 2. The van der Waals surface area contributed by atoms with Gasteiger partial charge in [0.2, 0.25) is 5.88 Å². The van der Waals surface area contributed by atoms with Gasteiger partial charge in [-0.1, -0.05) is 5.16 Å². The Morgan fingerprint density at radius 2 is 2.05 bits per heavy atom. The lowest BCUT2D eigenvalue weighted by Crippen LogP contribution is -1.86. The normalized spacial score (nSPS) is 10.8. The third-order valence-corrected chi connectivity index (χ3v) is 4.92. The summed E-state index contributed by atoms with van der Waals surface area (Å²) in [5.41, 5.74) is 9.60. The van der Waals surface area contributed by atoms with Crippen molar-refractivity contribution in [1.82, 2.24) is 10.1 Å². The highest BCUT2D eigenvalue weighted by molar-refractivity contribution is 9.11. The van der Waals surface area contributed by atoms with E-state index in [4.69, 9.17) is 10.3 Å². The van der Waals surface area contributed by atoms with Crippen molar-refractivity contribution >= 4 is 33.2 Å². The molecule has 3 aromatic rings. The van der Waals surface area contributed by atoms with Crippen LogP contribution in [0.3, 0.4) is 0 Å². The molecule has 19 heavy (non-hydrogen) atoms. The van der Waals surface area contributed by atoms with Gasteiger partial charge in [-0.25, -0.2) is 0 Å². The van der Waals surface area contributed by atoms with E-state index < -0.39 is 0 Å². The van der Waals surface area contributed by atoms with Crippen LogP contribution in [0.25, 0.3) is 21.7 Å². The van der Waals surface area contributed by atoms with Gasteiger partial charge in [-0.05, 0) is 52.2 Å². The smallest absolute Gasteiger partial charge is 0.230 e. The second-order valence-electron chi connectivity index (χ2n) is 4.07. The molecule has 3 heterocycles. The first-order valence-electron chi connectivity index (χ1n) is 5.58. The average Bonchev–Trinajstić information content (AvgIpc) is 2.95. The van der Waals surface area contributed by atoms with Gasteiger partial charge in [-0.2, -0.15) is 0 Å². The number of thiophene rings is 1. The van der Waals surface area contributed by atoms with Crippen molar-refractivity contribution in [1.29, 1.82) is 0 Å². The van der Waals surface area contributed by atoms with Crippen molar-refractivity contribution in [2.75, 3.05) is 5.73 Å². The molecule has 0 fully saturated rings. The van der Waals surface area contributed by atoms with Crippen molar-refractivity contribution < 1.29 is 4.52 Å². The highest BCUT2D eigenvalue weighted by atomic mass is 79.9. The Morgan fingerprint density at radius 3 is 2.68 bits per heavy atom. The van der Waals surface area contributed by atoms with Crippen LogP contribution in [-0.4, -0.2) is 10.1 Å². The fourth-order valence-electron chi connectivity index (χ4n) is 1.85. The minimum Gasteiger partial charge on any atom is -0.367 e. The number of anilines is 1. The van der Waals surface area contributed by atoms with Gasteiger partial charge in [0.15, 0.2) is 0 Å². The molecular weight excluding hydrogens is 326 g/mol. The van der Waals surface area contributed by atoms with E-state index in [2.05, 4.69) is 32.1 Å². The van der Waals surface area contributed by atoms with E-state index in [0.29, 0.717) is 5.88 Å². The van der Waals surface area contributed by atoms with Gasteiger partial charge in [-0.15, -0.1) is 11.3 Å². The van der Waals surface area contributed by atoms with Crippen LogP contribution in [-0.2, 0) is 0 Å². The molecule has 4 nitrogen and oxygen atoms in total. The lowest BCUT2D eigenvalue weighted by atomic mass is 10.1. The summed E-state index contributed by atoms with van der Waals surface area (Å²) in [4.78, 5) is 5.03. The highest BCUT2D eigenvalue weighted by Gasteiger charge is 2.19. The molecule has 0 spiro atoms. The Balaban J connectivity index is 2.19. The monoisotopic (exact) mass is 335 g/mol. The molecule has 2 N–H and O–H groups in total. The zero-order valence-electron chi connectivity index (χ0n) is 10.1. The maximum atomic E-state index is 5.90. The number of nitrogens with two attached hydrogens (primary N) is 1. The Hall–Kier alpha value is -1.66. The Kier molecular flexibility index (Phi) is 3.12. The largest absolute Gasteiger partial charge is 0.367 e. The third kappa shape index (κ3) is 2.17. The molecule has 6 heteroatoms. The number of hydrogen-bond acceptors (Lipinski definition) is 5. The van der Waals surface area contributed by atoms with Crippen LogP contribution in [0.15, 0.2) is 38.9 Å². The van der Waals surface area contributed by atoms with Gasteiger partial charge in [-0.3, -0.25) is 4.98 Å². The quantitative estimate of drug-likeness (QED) is 0.765. The van der Waals surface area contributed by atoms with E-state index >= 15 is 0 Å². The summed E-state index contributed by atoms with van der Waals surface area (Å²) in [7, 11) is 0. The molecule has 3 aromatic heterocycles. The molecule has 0 saturated carbocycles. The molecule has 0 amide bonds. The number of hydrogen-bond donors (Lipinski definition) is 1. The number of nitrogens with zero attached hydrogens (tertiary/aromatic N) is 2. The van der Waals surface area contributed by atoms with Crippen LogP contribution < -0.4 is 5.73 Å². The van der Waals surface area contributed by atoms with Gasteiger partial charge in [0, 0.05) is 12.4 Å². The molecule has 0 aromatic carbocycles. The Bertz CT molecular complexity index is 701. The zero-order chi connectivity index (χ0) is 13.4. The van der Waals surface area contributed by atoms with E-state index in [9.17, 15) is 0 Å². The summed E-state index contributed by atoms with van der Waals surface area (Å²) in [6.07, 6.45) is 3.45. The summed E-state index contributed by atoms with van der Waals surface area (Å²) in [5, 5.41) is 4.09. The first kappa shape index (κ1) is 12.4. The van der Waals surface area contributed by atoms with Crippen molar-refractivity contribution in [3.05, 3.63) is 39.9 Å². The molecule has 3 rings (SSSR count). The van der Waals surface area contributed by atoms with Crippen LogP contribution in [0.2, 0.25) is 0 Å². The van der Waals surface area contributed by atoms with Crippen LogP contribution in [0.1, 0.15) is 5.56 Å². The number of rotatable bonds is 2. The lowest BCUT2D eigenvalue weighted by molar-refractivity contribution is 0.439. The van der Waals surface area contributed by atoms with Gasteiger partial charge in [0.05, 0.1) is 14.2 Å². The molecular formula is C13H10BrN3OS. The predicted molar refractivity (Wildman–Crippen MR) is 79.9 cm³/mol. The van der Waals surface area contributed by atoms with E-state index in [-0.39, 0.29) is 0 Å². The molecule has 0 aliphatic rings. The first-order chi connectivity index (χ1) is 9.16. The molecule has 0 bridgehead atoms. The summed E-state index contributed by atoms with van der Waals surface area (Å²) in [6, 6.07) is 5.85. The summed E-state index contributed by atoms with van der Waals surface area (Å²) < 4.78 is 6.24. The third-order valence-electron chi connectivity index (χ3n) is 2.78. The number of pyridine rings is 1. The standard InChI is InChI=1S/C13H10BrN3OS/c1-7-6-9(19-12(7)14)11-10(13(15)18-17-11)8-2-4-16-5-3-8/h2-6H,15H2,1H3. The predicted octanol–water partition coefficient (Wildman–Crippen LogP) is 4.12. The van der Waals surface area contributed by atoms with E-state index in [1.54, 1.807) is 23.7 Å². The maximum Gasteiger partial charge on any atom is 0.230 e. The second kappa shape index (κ2) is 4.79. The molecule has 0 aliphatic carbocycles. The van der Waals surface area contributed by atoms with E-state index in [1.807, 2.05) is 19.1 Å². The van der Waals surface area contributed by atoms with Gasteiger partial charge in [0.1, 0.15) is 5.69 Å². The minimum atomic E-state index is 0.323. The van der Waals surface area contributed by atoms with Gasteiger partial charge in [0.25, 0.3) is 0 Å². The number of nitrogen functional groups attached to an aromatic ring is 1. The highest BCUT2D eigenvalue weighted by Crippen LogP contribution is 2.41. The fourth-order valence-corrected chi connectivity index (χ4v) is 3.37. The van der Waals surface area contributed by atoms with Crippen LogP contribution in [0.4, 0.5) is 5.88 Å². The number of halogens is 1. The second-order valence-corrected chi connectivity index (χ2v) is 6.44. The van der Waals surface area contributed by atoms with Crippen LogP contribution in [0, 0.1) is 6.92 Å². The average molecular weight is 336 g/mol. The van der Waals surface area contributed by atoms with E-state index in [0.717, 1.165) is 25.5 Å². The molecule has 0 radical (unpaired) electrons. The van der Waals surface area contributed by atoms with Crippen LogP contribution >= 0.6 is 27.3 Å². The van der Waals surface area contributed by atoms with Gasteiger partial charge >= 0.3 is 0 Å². The summed E-state index contributed by atoms with van der Waals surface area (Å²) in [5.74, 6) is 0.323. The topological polar surface area (TPSA) is 64.9 Å². The fraction of sp³-hybridized carbons (Fsp3) is 0.0769. The van der Waals surface area contributed by atoms with Crippen molar-refractivity contribution in [3.63, 3.8) is 0 Å². The number of aryl methyl sites for hydroxylation is 1. The molecule has 96 valence electrons. The van der Waals surface area contributed by atoms with Crippen molar-refractivity contribution in [3.8, 4) is 21.7 Å². The molecule has 0 atom stereocenters. The van der Waals surface area contributed by atoms with Crippen molar-refractivity contribution in [2.45, 2.75) is 6.92 Å². The SMILES string of the molecule is Cc1cc(-c2noc(N)c2-c2ccncc2)sc1Br. The minimum absolute atomic E-state index is 0.323. The zero-order valence-corrected chi connectivity index (χ0v) is 12.5. The Morgan fingerprint density at radius 1 is 1.32 bits per heavy atom.